The molecule has 0 saturated heterocycles. The number of hydrogen-bond acceptors (Lipinski definition) is 3. The molecule has 0 spiro atoms. The molecule has 0 saturated carbocycles. The molecule has 1 N–H and O–H groups in total. The van der Waals surface area contributed by atoms with Gasteiger partial charge in [-0.2, -0.15) is 0 Å². The Morgan fingerprint density at radius 3 is 2.28 bits per heavy atom. The summed E-state index contributed by atoms with van der Waals surface area (Å²) in [5.41, 5.74) is 2.57. The molecular weight excluding hydrogens is 388 g/mol. The Morgan fingerprint density at radius 2 is 1.72 bits per heavy atom. The Bertz CT molecular complexity index is 1050. The Labute approximate surface area is 176 Å². The highest BCUT2D eigenvalue weighted by Crippen LogP contribution is 2.41. The molecule has 0 aliphatic heterocycles. The predicted octanol–water partition coefficient (Wildman–Crippen LogP) is 6.42. The van der Waals surface area contributed by atoms with Crippen LogP contribution in [0.1, 0.15) is 38.0 Å². The first-order valence-corrected chi connectivity index (χ1v) is 9.76. The smallest absolute Gasteiger partial charge is 0.337 e. The minimum atomic E-state index is -1.10. The van der Waals surface area contributed by atoms with E-state index in [9.17, 15) is 9.90 Å². The summed E-state index contributed by atoms with van der Waals surface area (Å²) in [6.45, 7) is 7.47. The van der Waals surface area contributed by atoms with Crippen molar-refractivity contribution >= 4 is 28.3 Å². The first kappa shape index (κ1) is 21.2. The molecule has 5 heteroatoms. The highest BCUT2D eigenvalue weighted by molar-refractivity contribution is 6.30. The quantitative estimate of drug-likeness (QED) is 0.525. The van der Waals surface area contributed by atoms with Gasteiger partial charge in [0.15, 0.2) is 6.10 Å². The van der Waals surface area contributed by atoms with Gasteiger partial charge >= 0.3 is 5.97 Å². The van der Waals surface area contributed by atoms with Crippen LogP contribution in [0, 0.1) is 6.92 Å². The Kier molecular flexibility index (Phi) is 5.87. The van der Waals surface area contributed by atoms with E-state index in [0.717, 1.165) is 33.2 Å². The molecule has 0 aliphatic rings. The largest absolute Gasteiger partial charge is 0.497 e. The van der Waals surface area contributed by atoms with Gasteiger partial charge in [0.05, 0.1) is 12.7 Å². The number of fused-ring (bicyclic) bond motifs is 1. The molecule has 0 aromatic heterocycles. The molecule has 3 aromatic rings. The van der Waals surface area contributed by atoms with Gasteiger partial charge in [-0.25, -0.2) is 4.79 Å². The molecular formula is C24H25ClO4. The summed E-state index contributed by atoms with van der Waals surface area (Å²) < 4.78 is 11.4. The summed E-state index contributed by atoms with van der Waals surface area (Å²) in [6, 6.07) is 15.2. The zero-order chi connectivity index (χ0) is 21.3. The van der Waals surface area contributed by atoms with Crippen molar-refractivity contribution in [2.75, 3.05) is 7.11 Å². The summed E-state index contributed by atoms with van der Waals surface area (Å²) in [7, 11) is 1.63. The molecule has 1 atom stereocenters. The molecule has 0 bridgehead atoms. The lowest BCUT2D eigenvalue weighted by atomic mass is 9.87. The molecule has 3 aromatic carbocycles. The normalized spacial score (nSPS) is 12.8. The number of aryl methyl sites for hydroxylation is 1. The number of benzene rings is 3. The van der Waals surface area contributed by atoms with Crippen molar-refractivity contribution in [2.45, 2.75) is 39.4 Å². The van der Waals surface area contributed by atoms with Gasteiger partial charge in [-0.15, -0.1) is 0 Å². The molecule has 0 amide bonds. The first-order chi connectivity index (χ1) is 13.6. The fourth-order valence-corrected chi connectivity index (χ4v) is 3.65. The standard InChI is InChI=1S/C24H25ClO4/c1-14-12-16-13-18(28-5)10-11-19(16)21(15-6-8-17(25)9-7-15)20(14)22(23(26)27)29-24(2,3)4/h6-13,22H,1-5H3,(H,26,27). The number of rotatable bonds is 5. The van der Waals surface area contributed by atoms with E-state index in [-0.39, 0.29) is 0 Å². The van der Waals surface area contributed by atoms with Crippen molar-refractivity contribution in [2.24, 2.45) is 0 Å². The second-order valence-electron chi connectivity index (χ2n) is 8.02. The minimum absolute atomic E-state index is 0.620. The van der Waals surface area contributed by atoms with Crippen LogP contribution in [0.5, 0.6) is 5.75 Å². The predicted molar refractivity (Wildman–Crippen MR) is 117 cm³/mol. The third kappa shape index (κ3) is 4.55. The van der Waals surface area contributed by atoms with Crippen molar-refractivity contribution in [3.8, 4) is 16.9 Å². The molecule has 0 fully saturated rings. The first-order valence-electron chi connectivity index (χ1n) is 9.38. The molecule has 4 nitrogen and oxygen atoms in total. The van der Waals surface area contributed by atoms with E-state index in [1.807, 2.05) is 64.1 Å². The topological polar surface area (TPSA) is 55.8 Å². The molecule has 1 unspecified atom stereocenters. The summed E-state index contributed by atoms with van der Waals surface area (Å²) in [5, 5.41) is 12.5. The van der Waals surface area contributed by atoms with Crippen LogP contribution in [0.4, 0.5) is 0 Å². The maximum Gasteiger partial charge on any atom is 0.337 e. The molecule has 152 valence electrons. The van der Waals surface area contributed by atoms with Gasteiger partial charge in [0, 0.05) is 10.6 Å². The van der Waals surface area contributed by atoms with E-state index >= 15 is 0 Å². The van der Waals surface area contributed by atoms with Crippen LogP contribution in [-0.4, -0.2) is 23.8 Å². The third-order valence-corrected chi connectivity index (χ3v) is 4.94. The van der Waals surface area contributed by atoms with Gasteiger partial charge < -0.3 is 14.6 Å². The molecule has 29 heavy (non-hydrogen) atoms. The molecule has 0 radical (unpaired) electrons. The Balaban J connectivity index is 2.38. The van der Waals surface area contributed by atoms with E-state index in [4.69, 9.17) is 21.1 Å². The van der Waals surface area contributed by atoms with Crippen LogP contribution in [0.2, 0.25) is 5.02 Å². The lowest BCUT2D eigenvalue weighted by Gasteiger charge is -2.28. The van der Waals surface area contributed by atoms with Crippen molar-refractivity contribution in [1.29, 1.82) is 0 Å². The summed E-state index contributed by atoms with van der Waals surface area (Å²) in [5.74, 6) is -0.279. The summed E-state index contributed by atoms with van der Waals surface area (Å²) >= 11 is 6.09. The lowest BCUT2D eigenvalue weighted by molar-refractivity contribution is -0.160. The second kappa shape index (κ2) is 8.05. The van der Waals surface area contributed by atoms with Crippen molar-refractivity contribution in [3.63, 3.8) is 0 Å². The Morgan fingerprint density at radius 1 is 1.07 bits per heavy atom. The monoisotopic (exact) mass is 412 g/mol. The van der Waals surface area contributed by atoms with Crippen LogP contribution in [0.15, 0.2) is 48.5 Å². The number of methoxy groups -OCH3 is 1. The highest BCUT2D eigenvalue weighted by Gasteiger charge is 2.31. The van der Waals surface area contributed by atoms with Crippen LogP contribution < -0.4 is 4.74 Å². The number of aliphatic carboxylic acids is 1. The van der Waals surface area contributed by atoms with Crippen molar-refractivity contribution in [1.82, 2.24) is 0 Å². The van der Waals surface area contributed by atoms with Gasteiger partial charge in [-0.1, -0.05) is 35.9 Å². The average Bonchev–Trinajstić information content (AvgIpc) is 2.64. The maximum absolute atomic E-state index is 12.2. The van der Waals surface area contributed by atoms with Crippen molar-refractivity contribution < 1.29 is 19.4 Å². The van der Waals surface area contributed by atoms with Crippen LogP contribution in [0.3, 0.4) is 0 Å². The van der Waals surface area contributed by atoms with Gasteiger partial charge in [0.1, 0.15) is 5.75 Å². The van der Waals surface area contributed by atoms with Gasteiger partial charge in [-0.05, 0) is 79.4 Å². The fraction of sp³-hybridized carbons (Fsp3) is 0.292. The number of hydrogen-bond donors (Lipinski definition) is 1. The van der Waals surface area contributed by atoms with E-state index in [1.54, 1.807) is 19.2 Å². The van der Waals surface area contributed by atoms with Crippen LogP contribution in [-0.2, 0) is 9.53 Å². The van der Waals surface area contributed by atoms with E-state index in [1.165, 1.54) is 0 Å². The van der Waals surface area contributed by atoms with Crippen LogP contribution in [0.25, 0.3) is 21.9 Å². The second-order valence-corrected chi connectivity index (χ2v) is 8.46. The summed E-state index contributed by atoms with van der Waals surface area (Å²) in [6.07, 6.45) is -1.10. The van der Waals surface area contributed by atoms with Crippen molar-refractivity contribution in [3.05, 3.63) is 64.7 Å². The third-order valence-electron chi connectivity index (χ3n) is 4.69. The minimum Gasteiger partial charge on any atom is -0.497 e. The maximum atomic E-state index is 12.2. The van der Waals surface area contributed by atoms with Gasteiger partial charge in [0.25, 0.3) is 0 Å². The number of carboxylic acids is 1. The van der Waals surface area contributed by atoms with E-state index in [2.05, 4.69) is 0 Å². The highest BCUT2D eigenvalue weighted by atomic mass is 35.5. The SMILES string of the molecule is COc1ccc2c(-c3ccc(Cl)cc3)c(C(OC(C)(C)C)C(=O)O)c(C)cc2c1. The van der Waals surface area contributed by atoms with Gasteiger partial charge in [-0.3, -0.25) is 0 Å². The molecule has 0 heterocycles. The zero-order valence-corrected chi connectivity index (χ0v) is 18.0. The molecule has 3 rings (SSSR count). The Hall–Kier alpha value is -2.56. The summed E-state index contributed by atoms with van der Waals surface area (Å²) in [4.78, 5) is 12.2. The molecule has 0 aliphatic carbocycles. The zero-order valence-electron chi connectivity index (χ0n) is 17.2. The number of ether oxygens (including phenoxy) is 2. The fourth-order valence-electron chi connectivity index (χ4n) is 3.52. The van der Waals surface area contributed by atoms with Gasteiger partial charge in [0.2, 0.25) is 0 Å². The van der Waals surface area contributed by atoms with E-state index in [0.29, 0.717) is 10.6 Å². The number of halogens is 1. The van der Waals surface area contributed by atoms with Crippen LogP contribution >= 0.6 is 11.6 Å². The number of carboxylic acid groups (broad SMARTS) is 1. The average molecular weight is 413 g/mol. The lowest BCUT2D eigenvalue weighted by Crippen LogP contribution is -2.28. The van der Waals surface area contributed by atoms with E-state index < -0.39 is 17.7 Å². The number of carbonyl (C=O) groups is 1.